The molecule has 3 aromatic rings. The number of halogens is 3. The fourth-order valence-corrected chi connectivity index (χ4v) is 2.29. The van der Waals surface area contributed by atoms with E-state index >= 15 is 0 Å². The van der Waals surface area contributed by atoms with E-state index in [1.807, 2.05) is 0 Å². The Hall–Kier alpha value is -2.28. The van der Waals surface area contributed by atoms with Crippen molar-refractivity contribution in [1.29, 1.82) is 0 Å². The lowest BCUT2D eigenvalue weighted by Gasteiger charge is -2.10. The Kier molecular flexibility index (Phi) is 3.42. The third kappa shape index (κ3) is 2.52. The molecule has 0 aliphatic heterocycles. The number of nitrogen functional groups attached to an aromatic ring is 1. The van der Waals surface area contributed by atoms with E-state index in [2.05, 4.69) is 25.9 Å². The van der Waals surface area contributed by atoms with Gasteiger partial charge in [-0.1, -0.05) is 0 Å². The Labute approximate surface area is 127 Å². The molecule has 0 amide bonds. The number of rotatable bonds is 2. The predicted octanol–water partition coefficient (Wildman–Crippen LogP) is 3.56. The van der Waals surface area contributed by atoms with Gasteiger partial charge in [0, 0.05) is 17.8 Å². The standard InChI is InChI=1S/C14H9BrF2N4/c15-9-3-12(11(17)4-10(9)16)21-7-19-6-13(21)8-1-2-14(18)20-5-8/h1-7H,(H2,18,20). The second-order valence-electron chi connectivity index (χ2n) is 4.34. The van der Waals surface area contributed by atoms with Crippen molar-refractivity contribution in [3.05, 3.63) is 59.1 Å². The first-order chi connectivity index (χ1) is 10.1. The van der Waals surface area contributed by atoms with Gasteiger partial charge >= 0.3 is 0 Å². The molecule has 0 fully saturated rings. The van der Waals surface area contributed by atoms with Crippen LogP contribution in [0.2, 0.25) is 0 Å². The molecular weight excluding hydrogens is 342 g/mol. The molecule has 2 aromatic heterocycles. The van der Waals surface area contributed by atoms with Gasteiger partial charge in [-0.05, 0) is 34.1 Å². The zero-order chi connectivity index (χ0) is 15.0. The Morgan fingerprint density at radius 2 is 1.90 bits per heavy atom. The average molecular weight is 351 g/mol. The summed E-state index contributed by atoms with van der Waals surface area (Å²) in [5.41, 5.74) is 7.08. The lowest BCUT2D eigenvalue weighted by molar-refractivity contribution is 0.574. The summed E-state index contributed by atoms with van der Waals surface area (Å²) in [7, 11) is 0. The molecular formula is C14H9BrF2N4. The summed E-state index contributed by atoms with van der Waals surface area (Å²) in [4.78, 5) is 8.02. The van der Waals surface area contributed by atoms with E-state index in [1.165, 1.54) is 17.0 Å². The number of aromatic nitrogens is 3. The summed E-state index contributed by atoms with van der Waals surface area (Å²) in [5.74, 6) is -0.953. The Morgan fingerprint density at radius 1 is 1.10 bits per heavy atom. The van der Waals surface area contributed by atoms with Crippen LogP contribution in [0.25, 0.3) is 16.9 Å². The molecule has 0 radical (unpaired) electrons. The van der Waals surface area contributed by atoms with E-state index < -0.39 is 11.6 Å². The van der Waals surface area contributed by atoms with Crippen molar-refractivity contribution in [3.63, 3.8) is 0 Å². The summed E-state index contributed by atoms with van der Waals surface area (Å²) in [5, 5.41) is 0. The van der Waals surface area contributed by atoms with Gasteiger partial charge in [0.2, 0.25) is 0 Å². The van der Waals surface area contributed by atoms with Crippen LogP contribution in [0.5, 0.6) is 0 Å². The Balaban J connectivity index is 2.15. The molecule has 7 heteroatoms. The highest BCUT2D eigenvalue weighted by molar-refractivity contribution is 9.10. The van der Waals surface area contributed by atoms with Crippen molar-refractivity contribution in [1.82, 2.24) is 14.5 Å². The normalized spacial score (nSPS) is 10.8. The van der Waals surface area contributed by atoms with Crippen LogP contribution in [0, 0.1) is 11.6 Å². The minimum absolute atomic E-state index is 0.175. The largest absolute Gasteiger partial charge is 0.384 e. The molecule has 0 saturated heterocycles. The van der Waals surface area contributed by atoms with Crippen LogP contribution in [0.3, 0.4) is 0 Å². The number of benzene rings is 1. The first-order valence-corrected chi connectivity index (χ1v) is 6.74. The summed E-state index contributed by atoms with van der Waals surface area (Å²) in [6.07, 6.45) is 4.59. The maximum absolute atomic E-state index is 14.0. The summed E-state index contributed by atoms with van der Waals surface area (Å²) < 4.78 is 29.0. The van der Waals surface area contributed by atoms with E-state index in [-0.39, 0.29) is 10.2 Å². The Bertz CT molecular complexity index is 799. The molecule has 4 nitrogen and oxygen atoms in total. The van der Waals surface area contributed by atoms with Gasteiger partial charge in [-0.2, -0.15) is 0 Å². The van der Waals surface area contributed by atoms with Gasteiger partial charge in [-0.25, -0.2) is 18.7 Å². The minimum atomic E-state index is -0.682. The number of imidazole rings is 1. The van der Waals surface area contributed by atoms with Crippen LogP contribution >= 0.6 is 15.9 Å². The van der Waals surface area contributed by atoms with Crippen molar-refractivity contribution in [2.45, 2.75) is 0 Å². The second kappa shape index (κ2) is 5.25. The van der Waals surface area contributed by atoms with Gasteiger partial charge in [0.15, 0.2) is 0 Å². The molecule has 0 aliphatic carbocycles. The minimum Gasteiger partial charge on any atom is -0.384 e. The summed E-state index contributed by atoms with van der Waals surface area (Å²) in [6.45, 7) is 0. The molecule has 1 aromatic carbocycles. The Morgan fingerprint density at radius 3 is 2.62 bits per heavy atom. The lowest BCUT2D eigenvalue weighted by atomic mass is 10.2. The van der Waals surface area contributed by atoms with Crippen molar-refractivity contribution in [2.24, 2.45) is 0 Å². The quantitative estimate of drug-likeness (QED) is 0.719. The van der Waals surface area contributed by atoms with Gasteiger partial charge in [0.05, 0.1) is 28.4 Å². The van der Waals surface area contributed by atoms with E-state index in [4.69, 9.17) is 5.73 Å². The highest BCUT2D eigenvalue weighted by Crippen LogP contribution is 2.27. The van der Waals surface area contributed by atoms with Gasteiger partial charge < -0.3 is 5.73 Å². The number of nitrogens with zero attached hydrogens (tertiary/aromatic N) is 3. The molecule has 0 saturated carbocycles. The maximum Gasteiger partial charge on any atom is 0.150 e. The molecule has 2 heterocycles. The molecule has 21 heavy (non-hydrogen) atoms. The van der Waals surface area contributed by atoms with E-state index in [0.717, 1.165) is 11.6 Å². The first-order valence-electron chi connectivity index (χ1n) is 5.95. The molecule has 0 bridgehead atoms. The molecule has 0 atom stereocenters. The van der Waals surface area contributed by atoms with Gasteiger partial charge in [0.1, 0.15) is 17.5 Å². The van der Waals surface area contributed by atoms with Gasteiger partial charge in [0.25, 0.3) is 0 Å². The van der Waals surface area contributed by atoms with Gasteiger partial charge in [-0.3, -0.25) is 4.57 Å². The number of pyridine rings is 1. The molecule has 2 N–H and O–H groups in total. The molecule has 0 spiro atoms. The second-order valence-corrected chi connectivity index (χ2v) is 5.19. The molecule has 0 unspecified atom stereocenters. The average Bonchev–Trinajstić information content (AvgIpc) is 2.93. The summed E-state index contributed by atoms with van der Waals surface area (Å²) >= 11 is 3.05. The highest BCUT2D eigenvalue weighted by Gasteiger charge is 2.14. The van der Waals surface area contributed by atoms with Crippen LogP contribution < -0.4 is 5.73 Å². The monoisotopic (exact) mass is 350 g/mol. The van der Waals surface area contributed by atoms with E-state index in [0.29, 0.717) is 11.5 Å². The highest BCUT2D eigenvalue weighted by atomic mass is 79.9. The fraction of sp³-hybridized carbons (Fsp3) is 0. The van der Waals surface area contributed by atoms with Crippen LogP contribution in [-0.4, -0.2) is 14.5 Å². The number of nitrogens with two attached hydrogens (primary N) is 1. The zero-order valence-corrected chi connectivity index (χ0v) is 12.2. The smallest absolute Gasteiger partial charge is 0.150 e. The lowest BCUT2D eigenvalue weighted by Crippen LogP contribution is -2.00. The number of anilines is 1. The van der Waals surface area contributed by atoms with Crippen LogP contribution in [0.1, 0.15) is 0 Å². The predicted molar refractivity (Wildman–Crippen MR) is 78.8 cm³/mol. The topological polar surface area (TPSA) is 56.7 Å². The fourth-order valence-electron chi connectivity index (χ4n) is 1.95. The number of hydrogen-bond acceptors (Lipinski definition) is 3. The third-order valence-corrected chi connectivity index (χ3v) is 3.58. The van der Waals surface area contributed by atoms with E-state index in [1.54, 1.807) is 24.5 Å². The first kappa shape index (κ1) is 13.7. The van der Waals surface area contributed by atoms with Crippen molar-refractivity contribution in [3.8, 4) is 16.9 Å². The van der Waals surface area contributed by atoms with E-state index in [9.17, 15) is 8.78 Å². The molecule has 106 valence electrons. The SMILES string of the molecule is Nc1ccc(-c2cncn2-c2cc(Br)c(F)cc2F)cn1. The van der Waals surface area contributed by atoms with Crippen LogP contribution in [-0.2, 0) is 0 Å². The molecule has 0 aliphatic rings. The van der Waals surface area contributed by atoms with Crippen LogP contribution in [0.4, 0.5) is 14.6 Å². The summed E-state index contributed by atoms with van der Waals surface area (Å²) in [6, 6.07) is 5.58. The van der Waals surface area contributed by atoms with Crippen LogP contribution in [0.15, 0.2) is 47.5 Å². The molecule has 3 rings (SSSR count). The maximum atomic E-state index is 14.0. The zero-order valence-electron chi connectivity index (χ0n) is 10.6. The third-order valence-electron chi connectivity index (χ3n) is 2.97. The van der Waals surface area contributed by atoms with Crippen molar-refractivity contribution in [2.75, 3.05) is 5.73 Å². The van der Waals surface area contributed by atoms with Crippen molar-refractivity contribution < 1.29 is 8.78 Å². The van der Waals surface area contributed by atoms with Gasteiger partial charge in [-0.15, -0.1) is 0 Å². The van der Waals surface area contributed by atoms with Crippen molar-refractivity contribution >= 4 is 21.7 Å². The number of hydrogen-bond donors (Lipinski definition) is 1.